The van der Waals surface area contributed by atoms with Gasteiger partial charge in [0.15, 0.2) is 0 Å². The van der Waals surface area contributed by atoms with Gasteiger partial charge in [-0.2, -0.15) is 0 Å². The van der Waals surface area contributed by atoms with E-state index in [0.717, 1.165) is 146 Å². The Kier molecular flexibility index (Phi) is 9.49. The van der Waals surface area contributed by atoms with Gasteiger partial charge in [0.25, 0.3) is 13.4 Å². The van der Waals surface area contributed by atoms with Crippen LogP contribution >= 0.6 is 0 Å². The van der Waals surface area contributed by atoms with Crippen molar-refractivity contribution in [2.45, 2.75) is 38.5 Å². The second-order valence-corrected chi connectivity index (χ2v) is 24.7. The fourth-order valence-electron chi connectivity index (χ4n) is 15.7. The number of nitrogens with zero attached hydrogens (tertiary/aromatic N) is 4. The molecule has 0 amide bonds. The molecule has 13 aromatic rings. The van der Waals surface area contributed by atoms with Gasteiger partial charge in [-0.25, -0.2) is 0 Å². The molecular weight excluding hydrogens is 1050 g/mol. The summed E-state index contributed by atoms with van der Waals surface area (Å²) in [6.07, 6.45) is 0. The zero-order valence-corrected chi connectivity index (χ0v) is 47.7. The normalized spacial score (nSPS) is 15.4. The highest BCUT2D eigenvalue weighted by molar-refractivity contribution is 7.03. The van der Waals surface area contributed by atoms with Crippen LogP contribution in [0.25, 0.3) is 21.9 Å². The van der Waals surface area contributed by atoms with Crippen molar-refractivity contribution >= 4 is 137 Å². The number of hydrogen-bond donors (Lipinski definition) is 0. The molecule has 19 rings (SSSR count). The van der Waals surface area contributed by atoms with Gasteiger partial charge in [-0.15, -0.1) is 0 Å². The lowest BCUT2D eigenvalue weighted by Gasteiger charge is -2.44. The minimum Gasteiger partial charge on any atom is -0.458 e. The molecule has 0 N–H and O–H groups in total. The molecule has 8 nitrogen and oxygen atoms in total. The summed E-state index contributed by atoms with van der Waals surface area (Å²) in [6, 6.07) is 87.5. The van der Waals surface area contributed by atoms with Crippen LogP contribution < -0.4 is 61.9 Å². The van der Waals surface area contributed by atoms with E-state index >= 15 is 0 Å². The van der Waals surface area contributed by atoms with Crippen LogP contribution in [0.3, 0.4) is 0 Å². The summed E-state index contributed by atoms with van der Waals surface area (Å²) in [4.78, 5) is 9.49. The van der Waals surface area contributed by atoms with Crippen molar-refractivity contribution in [3.8, 4) is 23.0 Å². The Morgan fingerprint density at radius 3 is 1.03 bits per heavy atom. The van der Waals surface area contributed by atoms with Crippen LogP contribution in [0.2, 0.25) is 0 Å². The highest BCUT2D eigenvalue weighted by atomic mass is 16.5. The molecule has 11 aromatic carbocycles. The molecule has 8 heterocycles. The summed E-state index contributed by atoms with van der Waals surface area (Å²) < 4.78 is 29.8. The first-order chi connectivity index (χ1) is 42.2. The summed E-state index contributed by atoms with van der Waals surface area (Å²) in [5, 5.41) is 2.11. The average molecular weight is 1110 g/mol. The zero-order chi connectivity index (χ0) is 56.9. The van der Waals surface area contributed by atoms with Crippen LogP contribution in [0.15, 0.2) is 251 Å². The van der Waals surface area contributed by atoms with Crippen molar-refractivity contribution in [2.75, 3.05) is 19.6 Å². The lowest BCUT2D eigenvalue weighted by molar-refractivity contribution is 0.466. The molecule has 6 aliphatic rings. The van der Waals surface area contributed by atoms with Gasteiger partial charge in [0, 0.05) is 62.1 Å². The van der Waals surface area contributed by atoms with Crippen LogP contribution in [0.1, 0.15) is 49.9 Å². The SMILES string of the molecule is CC1(C)c2ccccc2N(c2cc3c4c(c2)N(c2ccccc2)c2oc5ccccc5c2B4c2cc4c(cc2O3)Oc2cc(N3c5ccccc5C(C)(C)c5ccccc53)cc3c2B4c2c(oc4ccccc24)N3c2ccccc2)c2ccccc21. The number of anilines is 12. The number of para-hydroxylation sites is 8. The summed E-state index contributed by atoms with van der Waals surface area (Å²) in [7, 11) is 0. The Bertz CT molecular complexity index is 4680. The van der Waals surface area contributed by atoms with Gasteiger partial charge in [-0.05, 0) is 117 Å². The third kappa shape index (κ3) is 6.29. The Morgan fingerprint density at radius 1 is 0.291 bits per heavy atom. The Balaban J connectivity index is 0.879. The minimum absolute atomic E-state index is 0.244. The third-order valence-corrected chi connectivity index (χ3v) is 19.5. The number of fused-ring (bicyclic) bond motifs is 16. The number of hydrogen-bond acceptors (Lipinski definition) is 8. The molecule has 406 valence electrons. The van der Waals surface area contributed by atoms with Gasteiger partial charge in [-0.3, -0.25) is 9.80 Å². The van der Waals surface area contributed by atoms with Gasteiger partial charge < -0.3 is 28.1 Å². The van der Waals surface area contributed by atoms with Crippen molar-refractivity contribution in [2.24, 2.45) is 0 Å². The largest absolute Gasteiger partial charge is 0.458 e. The molecule has 10 heteroatoms. The van der Waals surface area contributed by atoms with E-state index < -0.39 is 0 Å². The number of ether oxygens (including phenoxy) is 2. The zero-order valence-electron chi connectivity index (χ0n) is 47.7. The quantitative estimate of drug-likeness (QED) is 0.162. The van der Waals surface area contributed by atoms with Gasteiger partial charge in [0.05, 0.1) is 45.5 Å². The van der Waals surface area contributed by atoms with Crippen LogP contribution in [0.4, 0.5) is 68.6 Å². The van der Waals surface area contributed by atoms with Crippen molar-refractivity contribution in [1.82, 2.24) is 0 Å². The number of rotatable bonds is 4. The molecular formula is C76H52B2N4O4. The molecule has 6 aliphatic heterocycles. The van der Waals surface area contributed by atoms with E-state index in [2.05, 4.69) is 290 Å². The number of benzene rings is 11. The van der Waals surface area contributed by atoms with E-state index in [1.54, 1.807) is 0 Å². The first-order valence-corrected chi connectivity index (χ1v) is 29.8. The molecule has 86 heavy (non-hydrogen) atoms. The highest BCUT2D eigenvalue weighted by Gasteiger charge is 2.51. The van der Waals surface area contributed by atoms with Crippen molar-refractivity contribution < 1.29 is 18.3 Å². The summed E-state index contributed by atoms with van der Waals surface area (Å²) in [6.45, 7) is 8.72. The highest BCUT2D eigenvalue weighted by Crippen LogP contribution is 2.57. The first kappa shape index (κ1) is 47.9. The maximum absolute atomic E-state index is 7.64. The molecule has 0 atom stereocenters. The summed E-state index contributed by atoms with van der Waals surface area (Å²) >= 11 is 0. The monoisotopic (exact) mass is 1110 g/mol. The lowest BCUT2D eigenvalue weighted by atomic mass is 9.31. The van der Waals surface area contributed by atoms with E-state index in [-0.39, 0.29) is 24.3 Å². The second kappa shape index (κ2) is 17.0. The molecule has 0 saturated carbocycles. The molecule has 0 spiro atoms. The van der Waals surface area contributed by atoms with Crippen LogP contribution in [0, 0.1) is 0 Å². The van der Waals surface area contributed by atoms with E-state index in [1.807, 2.05) is 0 Å². The molecule has 0 unspecified atom stereocenters. The maximum Gasteiger partial charge on any atom is 0.261 e. The van der Waals surface area contributed by atoms with Crippen molar-refractivity contribution in [3.63, 3.8) is 0 Å². The van der Waals surface area contributed by atoms with E-state index in [0.29, 0.717) is 0 Å². The predicted molar refractivity (Wildman–Crippen MR) is 351 cm³/mol. The van der Waals surface area contributed by atoms with Crippen LogP contribution in [0.5, 0.6) is 23.0 Å². The predicted octanol–water partition coefficient (Wildman–Crippen LogP) is 16.2. The van der Waals surface area contributed by atoms with Gasteiger partial charge in [-0.1, -0.05) is 179 Å². The molecule has 0 aliphatic carbocycles. The van der Waals surface area contributed by atoms with Gasteiger partial charge in [0.2, 0.25) is 11.8 Å². The van der Waals surface area contributed by atoms with Crippen molar-refractivity contribution in [3.05, 3.63) is 265 Å². The van der Waals surface area contributed by atoms with Crippen LogP contribution in [-0.2, 0) is 10.8 Å². The molecule has 0 fully saturated rings. The maximum atomic E-state index is 7.64. The average Bonchev–Trinajstić information content (AvgIpc) is 1.24. The van der Waals surface area contributed by atoms with E-state index in [4.69, 9.17) is 18.3 Å². The molecule has 0 saturated heterocycles. The van der Waals surface area contributed by atoms with Gasteiger partial charge >= 0.3 is 0 Å². The fourth-order valence-corrected chi connectivity index (χ4v) is 15.7. The minimum atomic E-state index is -0.307. The Hall–Kier alpha value is -10.6. The standard InChI is InChI=1S/C76H52B2N4O4/c1-75(2)51-29-13-17-33-57(51)79(58-34-18-14-30-52(58)75)47-39-61-71-67(41-47)83-65-44-66-56(43-55(65)77(71)69-49-27-11-21-37-63(49)85-73(69)81(61)45-23-7-5-8-24-45)78-70-50-28-12-22-38-64(50)86-74(70)82(46-25-9-6-10-26-46)62-40-48(42-68(84-66)72(62)78)80-59-35-19-15-31-53(59)76(3,4)54-32-16-20-36-60(54)80/h5-44H,1-4H3. The van der Waals surface area contributed by atoms with Crippen molar-refractivity contribution in [1.29, 1.82) is 0 Å². The molecule has 0 bridgehead atoms. The van der Waals surface area contributed by atoms with E-state index in [9.17, 15) is 0 Å². The van der Waals surface area contributed by atoms with Gasteiger partial charge in [0.1, 0.15) is 34.2 Å². The Labute approximate surface area is 498 Å². The summed E-state index contributed by atoms with van der Waals surface area (Å²) in [5.74, 6) is 4.57. The summed E-state index contributed by atoms with van der Waals surface area (Å²) in [5.41, 5.74) is 23.0. The van der Waals surface area contributed by atoms with Crippen LogP contribution in [-0.4, -0.2) is 13.4 Å². The second-order valence-electron chi connectivity index (χ2n) is 24.7. The fraction of sp³-hybridized carbons (Fsp3) is 0.0789. The topological polar surface area (TPSA) is 57.7 Å². The first-order valence-electron chi connectivity index (χ1n) is 29.8. The molecule has 2 aromatic heterocycles. The van der Waals surface area contributed by atoms with E-state index in [1.165, 1.54) is 22.3 Å². The molecule has 0 radical (unpaired) electrons. The third-order valence-electron chi connectivity index (χ3n) is 19.5. The smallest absolute Gasteiger partial charge is 0.261 e. The number of furan rings is 2. The lowest BCUT2D eigenvalue weighted by Crippen LogP contribution is -2.63. The Morgan fingerprint density at radius 2 is 0.640 bits per heavy atom.